The Labute approximate surface area is 126 Å². The third-order valence-electron chi connectivity index (χ3n) is 2.94. The van der Waals surface area contributed by atoms with Gasteiger partial charge in [0.1, 0.15) is 17.4 Å². The van der Waals surface area contributed by atoms with Crippen molar-refractivity contribution in [1.29, 1.82) is 0 Å². The molecule has 0 spiro atoms. The lowest BCUT2D eigenvalue weighted by Crippen LogP contribution is -2.13. The highest BCUT2D eigenvalue weighted by molar-refractivity contribution is 6.03. The van der Waals surface area contributed by atoms with Crippen molar-refractivity contribution >= 4 is 23.2 Å². The summed E-state index contributed by atoms with van der Waals surface area (Å²) in [5.74, 6) is 1.42. The van der Waals surface area contributed by atoms with Crippen LogP contribution in [-0.2, 0) is 6.54 Å². The van der Waals surface area contributed by atoms with Gasteiger partial charge in [-0.05, 0) is 36.4 Å². The number of nitrogen functional groups attached to an aromatic ring is 1. The maximum absolute atomic E-state index is 11.9. The summed E-state index contributed by atoms with van der Waals surface area (Å²) in [6.07, 6.45) is 3.03. The summed E-state index contributed by atoms with van der Waals surface area (Å²) in [4.78, 5) is 16.1. The van der Waals surface area contributed by atoms with Crippen molar-refractivity contribution in [3.8, 4) is 0 Å². The lowest BCUT2D eigenvalue weighted by Gasteiger charge is -2.09. The molecule has 0 unspecified atom stereocenters. The lowest BCUT2D eigenvalue weighted by atomic mass is 10.3. The molecule has 0 fully saturated rings. The molecule has 7 heteroatoms. The maximum Gasteiger partial charge on any atom is 0.291 e. The van der Waals surface area contributed by atoms with Crippen molar-refractivity contribution in [2.45, 2.75) is 6.54 Å². The number of amides is 1. The number of nitrogens with one attached hydrogen (secondary N) is 2. The van der Waals surface area contributed by atoms with Gasteiger partial charge in [0, 0.05) is 0 Å². The first-order valence-electron chi connectivity index (χ1n) is 6.60. The van der Waals surface area contributed by atoms with Crippen LogP contribution in [0.1, 0.15) is 16.3 Å². The van der Waals surface area contributed by atoms with E-state index in [2.05, 4.69) is 15.6 Å². The molecule has 0 saturated heterocycles. The van der Waals surface area contributed by atoms with Crippen molar-refractivity contribution < 1.29 is 13.6 Å². The van der Waals surface area contributed by atoms with Gasteiger partial charge in [0.25, 0.3) is 5.91 Å². The monoisotopic (exact) mass is 298 g/mol. The third-order valence-corrected chi connectivity index (χ3v) is 2.94. The number of nitrogens with two attached hydrogens (primary N) is 1. The van der Waals surface area contributed by atoms with Gasteiger partial charge in [-0.25, -0.2) is 4.98 Å². The molecular formula is C15H14N4O3. The van der Waals surface area contributed by atoms with Crippen LogP contribution in [0.4, 0.5) is 17.3 Å². The van der Waals surface area contributed by atoms with Crippen LogP contribution in [0.25, 0.3) is 0 Å². The predicted molar refractivity (Wildman–Crippen MR) is 81.3 cm³/mol. The first-order chi connectivity index (χ1) is 10.7. The molecule has 0 bridgehead atoms. The second-order valence-electron chi connectivity index (χ2n) is 4.49. The topological polar surface area (TPSA) is 106 Å². The Bertz CT molecular complexity index is 751. The molecule has 0 saturated carbocycles. The molecular weight excluding hydrogens is 284 g/mol. The average molecular weight is 298 g/mol. The molecule has 3 heterocycles. The minimum atomic E-state index is -0.380. The van der Waals surface area contributed by atoms with Crippen LogP contribution >= 0.6 is 0 Å². The van der Waals surface area contributed by atoms with Crippen molar-refractivity contribution in [3.63, 3.8) is 0 Å². The summed E-state index contributed by atoms with van der Waals surface area (Å²) in [6, 6.07) is 10.3. The van der Waals surface area contributed by atoms with Crippen LogP contribution in [0.3, 0.4) is 0 Å². The van der Waals surface area contributed by atoms with Crippen molar-refractivity contribution in [2.75, 3.05) is 16.4 Å². The fourth-order valence-electron chi connectivity index (χ4n) is 1.86. The Kier molecular flexibility index (Phi) is 3.78. The van der Waals surface area contributed by atoms with Gasteiger partial charge in [-0.15, -0.1) is 0 Å². The minimum absolute atomic E-state index is 0.208. The average Bonchev–Trinajstić information content (AvgIpc) is 3.21. The van der Waals surface area contributed by atoms with Crippen LogP contribution in [-0.4, -0.2) is 10.9 Å². The second-order valence-corrected chi connectivity index (χ2v) is 4.49. The first-order valence-corrected chi connectivity index (χ1v) is 6.60. The smallest absolute Gasteiger partial charge is 0.291 e. The van der Waals surface area contributed by atoms with E-state index in [0.717, 1.165) is 5.76 Å². The number of carbonyl (C=O) groups is 1. The van der Waals surface area contributed by atoms with Gasteiger partial charge in [-0.2, -0.15) is 0 Å². The van der Waals surface area contributed by atoms with Crippen molar-refractivity contribution in [2.24, 2.45) is 0 Å². The Morgan fingerprint density at radius 1 is 1.14 bits per heavy atom. The molecule has 22 heavy (non-hydrogen) atoms. The summed E-state index contributed by atoms with van der Waals surface area (Å²) >= 11 is 0. The number of nitrogens with zero attached hydrogens (tertiary/aromatic N) is 1. The van der Waals surface area contributed by atoms with E-state index in [1.807, 2.05) is 12.1 Å². The highest BCUT2D eigenvalue weighted by Gasteiger charge is 2.11. The molecule has 3 aromatic heterocycles. The van der Waals surface area contributed by atoms with Gasteiger partial charge in [0.15, 0.2) is 5.76 Å². The zero-order valence-corrected chi connectivity index (χ0v) is 11.6. The molecule has 0 aliphatic heterocycles. The zero-order valence-electron chi connectivity index (χ0n) is 11.6. The van der Waals surface area contributed by atoms with Gasteiger partial charge in [0.2, 0.25) is 0 Å². The van der Waals surface area contributed by atoms with E-state index in [1.165, 1.54) is 6.26 Å². The molecule has 1 amide bonds. The number of hydrogen-bond acceptors (Lipinski definition) is 6. The van der Waals surface area contributed by atoms with E-state index in [-0.39, 0.29) is 17.5 Å². The first kappa shape index (κ1) is 13.7. The summed E-state index contributed by atoms with van der Waals surface area (Å²) in [5, 5.41) is 5.72. The van der Waals surface area contributed by atoms with Crippen LogP contribution < -0.4 is 16.4 Å². The van der Waals surface area contributed by atoms with E-state index < -0.39 is 0 Å². The van der Waals surface area contributed by atoms with E-state index in [9.17, 15) is 4.79 Å². The summed E-state index contributed by atoms with van der Waals surface area (Å²) in [7, 11) is 0. The highest BCUT2D eigenvalue weighted by Crippen LogP contribution is 2.20. The SMILES string of the molecule is Nc1nc(NCc2ccco2)ccc1NC(=O)c1ccco1. The van der Waals surface area contributed by atoms with Crippen LogP contribution in [0, 0.1) is 0 Å². The predicted octanol–water partition coefficient (Wildman–Crippen LogP) is 2.71. The van der Waals surface area contributed by atoms with Gasteiger partial charge < -0.3 is 25.2 Å². The van der Waals surface area contributed by atoms with Crippen molar-refractivity contribution in [3.05, 3.63) is 60.4 Å². The number of rotatable bonds is 5. The number of furan rings is 2. The van der Waals surface area contributed by atoms with Crippen LogP contribution in [0.2, 0.25) is 0 Å². The molecule has 3 rings (SSSR count). The number of anilines is 3. The van der Waals surface area contributed by atoms with E-state index >= 15 is 0 Å². The zero-order chi connectivity index (χ0) is 15.4. The van der Waals surface area contributed by atoms with Gasteiger partial charge in [-0.1, -0.05) is 0 Å². The number of pyridine rings is 1. The molecule has 4 N–H and O–H groups in total. The summed E-state index contributed by atoms with van der Waals surface area (Å²) < 4.78 is 10.2. The Morgan fingerprint density at radius 3 is 2.64 bits per heavy atom. The molecule has 0 atom stereocenters. The lowest BCUT2D eigenvalue weighted by molar-refractivity contribution is 0.0996. The quantitative estimate of drug-likeness (QED) is 0.668. The van der Waals surface area contributed by atoms with Gasteiger partial charge in [-0.3, -0.25) is 4.79 Å². The van der Waals surface area contributed by atoms with E-state index in [0.29, 0.717) is 18.1 Å². The summed E-state index contributed by atoms with van der Waals surface area (Å²) in [6.45, 7) is 0.498. The standard InChI is InChI=1S/C15H14N4O3/c16-14-11(18-15(20)12-4-2-8-22-12)5-6-13(19-14)17-9-10-3-1-7-21-10/h1-8H,9H2,(H,18,20)(H3,16,17,19). The van der Waals surface area contributed by atoms with Gasteiger partial charge >= 0.3 is 0 Å². The Hall–Kier alpha value is -3.22. The molecule has 3 aromatic rings. The van der Waals surface area contributed by atoms with E-state index in [4.69, 9.17) is 14.6 Å². The third kappa shape index (κ3) is 3.09. The van der Waals surface area contributed by atoms with Crippen molar-refractivity contribution in [1.82, 2.24) is 4.98 Å². The molecule has 0 aliphatic rings. The van der Waals surface area contributed by atoms with Crippen LogP contribution in [0.15, 0.2) is 57.8 Å². The molecule has 0 radical (unpaired) electrons. The Balaban J connectivity index is 1.65. The molecule has 0 aromatic carbocycles. The number of hydrogen-bond donors (Lipinski definition) is 3. The van der Waals surface area contributed by atoms with Gasteiger partial charge in [0.05, 0.1) is 24.8 Å². The number of aromatic nitrogens is 1. The normalized spacial score (nSPS) is 10.4. The van der Waals surface area contributed by atoms with E-state index in [1.54, 1.807) is 30.5 Å². The fourth-order valence-corrected chi connectivity index (χ4v) is 1.86. The minimum Gasteiger partial charge on any atom is -0.467 e. The molecule has 112 valence electrons. The second kappa shape index (κ2) is 6.04. The molecule has 7 nitrogen and oxygen atoms in total. The summed E-state index contributed by atoms with van der Waals surface area (Å²) in [5.41, 5.74) is 6.27. The maximum atomic E-state index is 11.9. The number of carbonyl (C=O) groups excluding carboxylic acids is 1. The molecule has 0 aliphatic carbocycles. The fraction of sp³-hybridized carbons (Fsp3) is 0.0667. The highest BCUT2D eigenvalue weighted by atomic mass is 16.3. The Morgan fingerprint density at radius 2 is 1.95 bits per heavy atom. The largest absolute Gasteiger partial charge is 0.467 e. The van der Waals surface area contributed by atoms with Crippen LogP contribution in [0.5, 0.6) is 0 Å².